The van der Waals surface area contributed by atoms with Gasteiger partial charge in [-0.3, -0.25) is 0 Å². The lowest BCUT2D eigenvalue weighted by Crippen LogP contribution is -2.07. The predicted octanol–water partition coefficient (Wildman–Crippen LogP) is 1.85. The van der Waals surface area contributed by atoms with Crippen molar-refractivity contribution in [1.29, 1.82) is 0 Å². The van der Waals surface area contributed by atoms with E-state index in [1.807, 2.05) is 43.3 Å². The van der Waals surface area contributed by atoms with E-state index >= 15 is 0 Å². The largest absolute Gasteiger partial charge is 0.381 e. The van der Waals surface area contributed by atoms with Crippen molar-refractivity contribution < 1.29 is 0 Å². The molecule has 2 aromatic rings. The van der Waals surface area contributed by atoms with Gasteiger partial charge in [0.25, 0.3) is 0 Å². The van der Waals surface area contributed by atoms with Gasteiger partial charge in [0, 0.05) is 25.3 Å². The number of nitrogens with two attached hydrogens (primary N) is 1. The van der Waals surface area contributed by atoms with Crippen molar-refractivity contribution in [3.05, 3.63) is 24.3 Å². The molecule has 0 radical (unpaired) electrons. The van der Waals surface area contributed by atoms with Gasteiger partial charge < -0.3 is 10.6 Å². The van der Waals surface area contributed by atoms with Crippen LogP contribution in [-0.4, -0.2) is 22.8 Å². The van der Waals surface area contributed by atoms with Gasteiger partial charge in [0.15, 0.2) is 5.82 Å². The molecule has 0 fully saturated rings. The molecular formula is C10H12N4S. The van der Waals surface area contributed by atoms with Crippen LogP contribution in [0.3, 0.4) is 0 Å². The third-order valence-corrected chi connectivity index (χ3v) is 2.71. The summed E-state index contributed by atoms with van der Waals surface area (Å²) < 4.78 is 8.10. The molecule has 15 heavy (non-hydrogen) atoms. The molecule has 5 heteroatoms. The van der Waals surface area contributed by atoms with Gasteiger partial charge >= 0.3 is 0 Å². The van der Waals surface area contributed by atoms with Crippen LogP contribution in [0.2, 0.25) is 0 Å². The minimum Gasteiger partial charge on any atom is -0.381 e. The van der Waals surface area contributed by atoms with Crippen LogP contribution < -0.4 is 10.6 Å². The number of nitrogen functional groups attached to an aromatic ring is 1. The molecule has 0 bridgehead atoms. The summed E-state index contributed by atoms with van der Waals surface area (Å²) in [5, 5.41) is 0. The normalized spacial score (nSPS) is 10.3. The molecule has 0 amide bonds. The fraction of sp³-hybridized carbons (Fsp3) is 0.200. The monoisotopic (exact) mass is 220 g/mol. The molecule has 0 saturated carbocycles. The number of hydrogen-bond acceptors (Lipinski definition) is 5. The molecule has 2 rings (SSSR count). The molecule has 78 valence electrons. The summed E-state index contributed by atoms with van der Waals surface area (Å²) in [4.78, 5) is 2.05. The summed E-state index contributed by atoms with van der Waals surface area (Å²) in [7, 11) is 4.02. The highest BCUT2D eigenvalue weighted by molar-refractivity contribution is 6.99. The van der Waals surface area contributed by atoms with Crippen LogP contribution in [0.15, 0.2) is 24.3 Å². The molecule has 1 aromatic heterocycles. The second-order valence-corrected chi connectivity index (χ2v) is 3.97. The number of hydrogen-bond donors (Lipinski definition) is 1. The average Bonchev–Trinajstić information content (AvgIpc) is 2.65. The Bertz CT molecular complexity index is 447. The fourth-order valence-corrected chi connectivity index (χ4v) is 1.81. The van der Waals surface area contributed by atoms with Gasteiger partial charge in [-0.25, -0.2) is 0 Å². The van der Waals surface area contributed by atoms with Gasteiger partial charge in [-0.2, -0.15) is 8.75 Å². The second-order valence-electron chi connectivity index (χ2n) is 3.44. The first-order valence-corrected chi connectivity index (χ1v) is 5.27. The number of anilines is 2. The average molecular weight is 220 g/mol. The van der Waals surface area contributed by atoms with Gasteiger partial charge in [0.2, 0.25) is 0 Å². The van der Waals surface area contributed by atoms with Crippen molar-refractivity contribution in [2.24, 2.45) is 0 Å². The number of rotatable bonds is 2. The Kier molecular flexibility index (Phi) is 2.55. The molecule has 1 aromatic carbocycles. The van der Waals surface area contributed by atoms with Crippen molar-refractivity contribution in [2.45, 2.75) is 0 Å². The first-order valence-electron chi connectivity index (χ1n) is 4.54. The molecule has 0 unspecified atom stereocenters. The molecule has 2 N–H and O–H groups in total. The lowest BCUT2D eigenvalue weighted by atomic mass is 10.1. The highest BCUT2D eigenvalue weighted by Crippen LogP contribution is 2.25. The second kappa shape index (κ2) is 3.86. The molecule has 0 aliphatic rings. The van der Waals surface area contributed by atoms with Crippen molar-refractivity contribution in [2.75, 3.05) is 24.7 Å². The zero-order chi connectivity index (χ0) is 10.8. The van der Waals surface area contributed by atoms with E-state index in [0.29, 0.717) is 5.82 Å². The highest BCUT2D eigenvalue weighted by atomic mass is 32.1. The molecule has 4 nitrogen and oxygen atoms in total. The van der Waals surface area contributed by atoms with E-state index in [-0.39, 0.29) is 0 Å². The van der Waals surface area contributed by atoms with E-state index in [1.165, 1.54) is 0 Å². The third kappa shape index (κ3) is 1.92. The Morgan fingerprint density at radius 3 is 2.27 bits per heavy atom. The Hall–Kier alpha value is -1.62. The SMILES string of the molecule is CN(C)c1ccc(-c2nsnc2N)cc1. The van der Waals surface area contributed by atoms with Gasteiger partial charge in [-0.05, 0) is 12.1 Å². The Morgan fingerprint density at radius 2 is 1.80 bits per heavy atom. The van der Waals surface area contributed by atoms with E-state index < -0.39 is 0 Å². The van der Waals surface area contributed by atoms with Gasteiger partial charge in [0.1, 0.15) is 5.69 Å². The molecule has 1 heterocycles. The van der Waals surface area contributed by atoms with Crippen molar-refractivity contribution in [3.8, 4) is 11.3 Å². The topological polar surface area (TPSA) is 55.0 Å². The van der Waals surface area contributed by atoms with Crippen LogP contribution in [0.4, 0.5) is 11.5 Å². The van der Waals surface area contributed by atoms with E-state index in [0.717, 1.165) is 28.7 Å². The summed E-state index contributed by atoms with van der Waals surface area (Å²) >= 11 is 1.14. The summed E-state index contributed by atoms with van der Waals surface area (Å²) in [6.45, 7) is 0. The molecule has 0 aliphatic carbocycles. The third-order valence-electron chi connectivity index (χ3n) is 2.17. The van der Waals surface area contributed by atoms with Crippen LogP contribution in [0.5, 0.6) is 0 Å². The molecule has 0 atom stereocenters. The van der Waals surface area contributed by atoms with Crippen molar-refractivity contribution in [1.82, 2.24) is 8.75 Å². The Balaban J connectivity index is 2.36. The maximum absolute atomic E-state index is 5.70. The molecule has 0 aliphatic heterocycles. The van der Waals surface area contributed by atoms with Gasteiger partial charge in [-0.15, -0.1) is 0 Å². The zero-order valence-electron chi connectivity index (χ0n) is 8.64. The van der Waals surface area contributed by atoms with E-state index in [4.69, 9.17) is 5.73 Å². The van der Waals surface area contributed by atoms with Gasteiger partial charge in [0.05, 0.1) is 11.7 Å². The van der Waals surface area contributed by atoms with E-state index in [2.05, 4.69) is 8.75 Å². The summed E-state index contributed by atoms with van der Waals surface area (Å²) in [5.41, 5.74) is 8.63. The zero-order valence-corrected chi connectivity index (χ0v) is 9.45. The Labute approximate surface area is 92.7 Å². The standard InChI is InChI=1S/C10H12N4S/c1-14(2)8-5-3-7(4-6-8)9-10(11)13-15-12-9/h3-6H,1-2H3,(H2,11,13). The highest BCUT2D eigenvalue weighted by Gasteiger charge is 2.06. The van der Waals surface area contributed by atoms with E-state index in [9.17, 15) is 0 Å². The lowest BCUT2D eigenvalue weighted by molar-refractivity contribution is 1.13. The quantitative estimate of drug-likeness (QED) is 0.839. The van der Waals surface area contributed by atoms with Crippen molar-refractivity contribution in [3.63, 3.8) is 0 Å². The van der Waals surface area contributed by atoms with Crippen LogP contribution in [0.25, 0.3) is 11.3 Å². The smallest absolute Gasteiger partial charge is 0.165 e. The number of benzene rings is 1. The first-order chi connectivity index (χ1) is 7.18. The number of aromatic nitrogens is 2. The van der Waals surface area contributed by atoms with Crippen LogP contribution >= 0.6 is 11.7 Å². The minimum absolute atomic E-state index is 0.498. The lowest BCUT2D eigenvalue weighted by Gasteiger charge is -2.12. The number of nitrogens with zero attached hydrogens (tertiary/aromatic N) is 3. The Morgan fingerprint density at radius 1 is 1.13 bits per heavy atom. The van der Waals surface area contributed by atoms with Crippen LogP contribution in [-0.2, 0) is 0 Å². The van der Waals surface area contributed by atoms with Gasteiger partial charge in [-0.1, -0.05) is 12.1 Å². The van der Waals surface area contributed by atoms with Crippen LogP contribution in [0.1, 0.15) is 0 Å². The van der Waals surface area contributed by atoms with E-state index in [1.54, 1.807) is 0 Å². The minimum atomic E-state index is 0.498. The maximum Gasteiger partial charge on any atom is 0.165 e. The summed E-state index contributed by atoms with van der Waals surface area (Å²) in [6, 6.07) is 8.08. The molecular weight excluding hydrogens is 208 g/mol. The first kappa shape index (κ1) is 9.92. The summed E-state index contributed by atoms with van der Waals surface area (Å²) in [5.74, 6) is 0.498. The predicted molar refractivity (Wildman–Crippen MR) is 64.1 cm³/mol. The summed E-state index contributed by atoms with van der Waals surface area (Å²) in [6.07, 6.45) is 0. The van der Waals surface area contributed by atoms with Crippen LogP contribution in [0, 0.1) is 0 Å². The maximum atomic E-state index is 5.70. The fourth-order valence-electron chi connectivity index (χ4n) is 1.31. The molecule has 0 saturated heterocycles. The van der Waals surface area contributed by atoms with Crippen molar-refractivity contribution >= 4 is 23.2 Å². The molecule has 0 spiro atoms.